The van der Waals surface area contributed by atoms with Gasteiger partial charge in [0, 0.05) is 13.5 Å². The molecular formula is C44H44O5. The lowest BCUT2D eigenvalue weighted by Gasteiger charge is -2.22. The minimum atomic E-state index is -0.630. The molecule has 0 heterocycles. The van der Waals surface area contributed by atoms with Crippen LogP contribution in [0.5, 0.6) is 5.75 Å². The van der Waals surface area contributed by atoms with Crippen molar-refractivity contribution >= 4 is 18.1 Å². The van der Waals surface area contributed by atoms with E-state index in [-0.39, 0.29) is 12.1 Å². The lowest BCUT2D eigenvalue weighted by atomic mass is 9.92. The Kier molecular flexibility index (Phi) is 11.7. The number of ether oxygens (including phenoxy) is 4. The summed E-state index contributed by atoms with van der Waals surface area (Å²) >= 11 is 0. The van der Waals surface area contributed by atoms with E-state index in [0.717, 1.165) is 41.7 Å². The summed E-state index contributed by atoms with van der Waals surface area (Å²) in [6, 6.07) is 42.5. The van der Waals surface area contributed by atoms with Crippen LogP contribution in [0.25, 0.3) is 12.2 Å². The molecule has 0 saturated carbocycles. The van der Waals surface area contributed by atoms with E-state index in [4.69, 9.17) is 18.9 Å². The highest BCUT2D eigenvalue weighted by molar-refractivity contribution is 5.77. The van der Waals surface area contributed by atoms with E-state index in [2.05, 4.69) is 109 Å². The third-order valence-electron chi connectivity index (χ3n) is 8.92. The van der Waals surface area contributed by atoms with E-state index in [9.17, 15) is 4.79 Å². The van der Waals surface area contributed by atoms with Gasteiger partial charge in [0.15, 0.2) is 6.10 Å². The molecule has 0 amide bonds. The molecule has 1 aliphatic carbocycles. The fourth-order valence-electron chi connectivity index (χ4n) is 6.33. The summed E-state index contributed by atoms with van der Waals surface area (Å²) in [6.07, 6.45) is 6.92. The van der Waals surface area contributed by atoms with Crippen LogP contribution >= 0.6 is 0 Å². The van der Waals surface area contributed by atoms with E-state index < -0.39 is 6.10 Å². The number of methoxy groups -OCH3 is 1. The average Bonchev–Trinajstić information content (AvgIpc) is 3.29. The molecule has 0 spiro atoms. The zero-order chi connectivity index (χ0) is 33.8. The van der Waals surface area contributed by atoms with E-state index in [0.29, 0.717) is 26.2 Å². The lowest BCUT2D eigenvalue weighted by Crippen LogP contribution is -2.27. The predicted octanol–water partition coefficient (Wildman–Crippen LogP) is 8.85. The highest BCUT2D eigenvalue weighted by Gasteiger charge is 2.23. The molecule has 6 rings (SSSR count). The molecule has 5 heteroatoms. The van der Waals surface area contributed by atoms with Crippen LogP contribution in [0.4, 0.5) is 0 Å². The number of carbonyl (C=O) groups is 1. The van der Waals surface area contributed by atoms with Gasteiger partial charge in [-0.25, -0.2) is 4.79 Å². The molecule has 1 aliphatic rings. The Morgan fingerprint density at radius 2 is 1.24 bits per heavy atom. The lowest BCUT2D eigenvalue weighted by molar-refractivity contribution is -0.154. The number of aryl methyl sites for hydroxylation is 2. The topological polar surface area (TPSA) is 54.0 Å². The molecule has 0 saturated heterocycles. The maximum Gasteiger partial charge on any atom is 0.335 e. The molecular weight excluding hydrogens is 608 g/mol. The first-order chi connectivity index (χ1) is 24.1. The number of carbonyl (C=O) groups excluding carboxylic acids is 1. The molecule has 2 unspecified atom stereocenters. The van der Waals surface area contributed by atoms with Crippen molar-refractivity contribution in [3.05, 3.63) is 171 Å². The number of benzene rings is 5. The Morgan fingerprint density at radius 1 is 0.653 bits per heavy atom. The minimum Gasteiger partial charge on any atom is -0.491 e. The van der Waals surface area contributed by atoms with Crippen LogP contribution in [-0.2, 0) is 44.7 Å². The quantitative estimate of drug-likeness (QED) is 0.0836. The van der Waals surface area contributed by atoms with Gasteiger partial charge < -0.3 is 18.9 Å². The normalized spacial score (nSPS) is 14.0. The standard InChI is InChI=1S/C44H44O5/c1-3-47-44(45)42(46-2)31-35-16-22-39(23-17-35)48-26-27-49-43-40-24-18-34(15-14-32-10-6-4-7-11-32)29-37(40)20-21-38-30-36(19-25-41(38)43)28-33-12-8-5-9-13-33/h4-13,16-25,29-30,42-43H,3,14-15,26-28,31H2,1-2H3. The molecule has 0 radical (unpaired) electrons. The monoisotopic (exact) mass is 652 g/mol. The zero-order valence-corrected chi connectivity index (χ0v) is 28.3. The van der Waals surface area contributed by atoms with Crippen LogP contribution < -0.4 is 4.74 Å². The fourth-order valence-corrected chi connectivity index (χ4v) is 6.33. The first kappa shape index (κ1) is 33.9. The van der Waals surface area contributed by atoms with Crippen LogP contribution in [0.15, 0.2) is 121 Å². The van der Waals surface area contributed by atoms with E-state index in [1.807, 2.05) is 24.3 Å². The van der Waals surface area contributed by atoms with Crippen molar-refractivity contribution < 1.29 is 23.7 Å². The second-order valence-electron chi connectivity index (χ2n) is 12.3. The largest absolute Gasteiger partial charge is 0.491 e. The predicted molar refractivity (Wildman–Crippen MR) is 196 cm³/mol. The highest BCUT2D eigenvalue weighted by Crippen LogP contribution is 2.37. The van der Waals surface area contributed by atoms with Crippen molar-refractivity contribution in [1.29, 1.82) is 0 Å². The maximum absolute atomic E-state index is 12.1. The van der Waals surface area contributed by atoms with Crippen LogP contribution in [0.1, 0.15) is 63.1 Å². The number of hydrogen-bond donors (Lipinski definition) is 0. The number of esters is 1. The molecule has 0 N–H and O–H groups in total. The van der Waals surface area contributed by atoms with Gasteiger partial charge in [-0.3, -0.25) is 0 Å². The minimum absolute atomic E-state index is 0.228. The first-order valence-corrected chi connectivity index (χ1v) is 17.1. The highest BCUT2D eigenvalue weighted by atomic mass is 16.6. The fraction of sp³-hybridized carbons (Fsp3) is 0.250. The Bertz CT molecular complexity index is 1830. The first-order valence-electron chi connectivity index (χ1n) is 17.1. The van der Waals surface area contributed by atoms with Gasteiger partial charge in [0.05, 0.1) is 13.2 Å². The van der Waals surface area contributed by atoms with Gasteiger partial charge in [-0.1, -0.05) is 121 Å². The SMILES string of the molecule is CCOC(=O)C(Cc1ccc(OCCOC2c3ccc(CCc4ccccc4)cc3C=Cc3cc(Cc4ccccc4)ccc32)cc1)OC. The summed E-state index contributed by atoms with van der Waals surface area (Å²) in [6.45, 7) is 2.94. The number of rotatable bonds is 15. The molecule has 0 aliphatic heterocycles. The van der Waals surface area contributed by atoms with Crippen LogP contribution in [0, 0.1) is 0 Å². The van der Waals surface area contributed by atoms with Crippen molar-refractivity contribution in [2.24, 2.45) is 0 Å². The maximum atomic E-state index is 12.1. The third kappa shape index (κ3) is 9.14. The van der Waals surface area contributed by atoms with Crippen molar-refractivity contribution in [3.63, 3.8) is 0 Å². The molecule has 5 nitrogen and oxygen atoms in total. The Balaban J connectivity index is 1.15. The molecule has 2 atom stereocenters. The van der Waals surface area contributed by atoms with Gasteiger partial charge in [-0.15, -0.1) is 0 Å². The molecule has 0 aromatic heterocycles. The zero-order valence-electron chi connectivity index (χ0n) is 28.3. The molecule has 250 valence electrons. The van der Waals surface area contributed by atoms with Crippen LogP contribution in [0.3, 0.4) is 0 Å². The van der Waals surface area contributed by atoms with Crippen LogP contribution in [-0.4, -0.2) is 39.0 Å². The number of hydrogen-bond acceptors (Lipinski definition) is 5. The molecule has 5 aromatic carbocycles. The molecule has 5 aromatic rings. The van der Waals surface area contributed by atoms with Crippen molar-refractivity contribution in [1.82, 2.24) is 0 Å². The smallest absolute Gasteiger partial charge is 0.335 e. The second kappa shape index (κ2) is 16.9. The average molecular weight is 653 g/mol. The van der Waals surface area contributed by atoms with Gasteiger partial charge in [-0.2, -0.15) is 0 Å². The summed E-state index contributed by atoms with van der Waals surface area (Å²) in [4.78, 5) is 12.1. The molecule has 49 heavy (non-hydrogen) atoms. The van der Waals surface area contributed by atoms with E-state index in [1.54, 1.807) is 6.92 Å². The Morgan fingerprint density at radius 3 is 1.90 bits per heavy atom. The van der Waals surface area contributed by atoms with Crippen molar-refractivity contribution in [3.8, 4) is 5.75 Å². The summed E-state index contributed by atoms with van der Waals surface area (Å²) in [5, 5.41) is 0. The Hall–Kier alpha value is -4.97. The van der Waals surface area contributed by atoms with Gasteiger partial charge in [-0.05, 0) is 88.4 Å². The van der Waals surface area contributed by atoms with Gasteiger partial charge >= 0.3 is 5.97 Å². The summed E-state index contributed by atoms with van der Waals surface area (Å²) < 4.78 is 23.2. The number of fused-ring (bicyclic) bond motifs is 2. The van der Waals surface area contributed by atoms with Gasteiger partial charge in [0.2, 0.25) is 0 Å². The summed E-state index contributed by atoms with van der Waals surface area (Å²) in [7, 11) is 1.52. The van der Waals surface area contributed by atoms with Crippen LogP contribution in [0.2, 0.25) is 0 Å². The summed E-state index contributed by atoms with van der Waals surface area (Å²) in [5.41, 5.74) is 10.9. The van der Waals surface area contributed by atoms with Gasteiger partial charge in [0.1, 0.15) is 18.5 Å². The summed E-state index contributed by atoms with van der Waals surface area (Å²) in [5.74, 6) is 0.393. The molecule has 0 bridgehead atoms. The third-order valence-corrected chi connectivity index (χ3v) is 8.92. The van der Waals surface area contributed by atoms with E-state index in [1.165, 1.54) is 40.5 Å². The van der Waals surface area contributed by atoms with Gasteiger partial charge in [0.25, 0.3) is 0 Å². The molecule has 0 fully saturated rings. The van der Waals surface area contributed by atoms with Crippen molar-refractivity contribution in [2.75, 3.05) is 26.9 Å². The second-order valence-corrected chi connectivity index (χ2v) is 12.3. The van der Waals surface area contributed by atoms with Crippen molar-refractivity contribution in [2.45, 2.75) is 44.8 Å². The Labute approximate surface area is 290 Å². The van der Waals surface area contributed by atoms with E-state index >= 15 is 0 Å².